The zero-order chi connectivity index (χ0) is 15.0. The molecule has 3 rings (SSSR count). The fourth-order valence-corrected chi connectivity index (χ4v) is 2.41. The van der Waals surface area contributed by atoms with Crippen LogP contribution in [0.1, 0.15) is 15.9 Å². The second-order valence-corrected chi connectivity index (χ2v) is 5.17. The number of nitrogens with two attached hydrogens (primary N) is 1. The van der Waals surface area contributed by atoms with Crippen LogP contribution >= 0.6 is 11.6 Å². The van der Waals surface area contributed by atoms with Gasteiger partial charge in [0.05, 0.1) is 22.0 Å². The van der Waals surface area contributed by atoms with E-state index < -0.39 is 5.91 Å². The Morgan fingerprint density at radius 2 is 2.14 bits per heavy atom. The molecule has 3 N–H and O–H groups in total. The van der Waals surface area contributed by atoms with Gasteiger partial charge in [0.15, 0.2) is 0 Å². The van der Waals surface area contributed by atoms with E-state index in [0.29, 0.717) is 27.6 Å². The molecule has 21 heavy (non-hydrogen) atoms. The number of pyridine rings is 1. The fourth-order valence-electron chi connectivity index (χ4n) is 2.13. The number of hydrogen-bond donors (Lipinski definition) is 2. The highest BCUT2D eigenvalue weighted by atomic mass is 35.5. The number of nitrogens with zero attached hydrogens (tertiary/aromatic N) is 2. The van der Waals surface area contributed by atoms with Crippen molar-refractivity contribution in [2.24, 2.45) is 5.73 Å². The number of nitrogens with one attached hydrogen (secondary N) is 1. The van der Waals surface area contributed by atoms with Gasteiger partial charge in [-0.25, -0.2) is 4.98 Å². The Bertz CT molecular complexity index is 841. The Hall–Kier alpha value is -2.53. The van der Waals surface area contributed by atoms with Crippen molar-refractivity contribution in [2.45, 2.75) is 6.92 Å². The summed E-state index contributed by atoms with van der Waals surface area (Å²) in [4.78, 5) is 15.8. The zero-order valence-electron chi connectivity index (χ0n) is 11.3. The van der Waals surface area contributed by atoms with Gasteiger partial charge in [-0.05, 0) is 24.6 Å². The molecule has 0 unspecified atom stereocenters. The molecular weight excluding hydrogens is 288 g/mol. The Morgan fingerprint density at radius 1 is 1.33 bits per heavy atom. The van der Waals surface area contributed by atoms with Gasteiger partial charge in [-0.3, -0.25) is 4.79 Å². The Kier molecular flexibility index (Phi) is 3.27. The van der Waals surface area contributed by atoms with Gasteiger partial charge in [0.2, 0.25) is 0 Å². The Balaban J connectivity index is 2.09. The van der Waals surface area contributed by atoms with Crippen molar-refractivity contribution in [3.8, 4) is 0 Å². The minimum atomic E-state index is -0.517. The van der Waals surface area contributed by atoms with E-state index in [-0.39, 0.29) is 0 Å². The van der Waals surface area contributed by atoms with Crippen LogP contribution in [0.5, 0.6) is 0 Å². The molecule has 106 valence electrons. The molecule has 0 spiro atoms. The maximum Gasteiger partial charge on any atom is 0.252 e. The van der Waals surface area contributed by atoms with Crippen LogP contribution in [0.25, 0.3) is 5.65 Å². The number of aryl methyl sites for hydroxylation is 1. The number of halogens is 1. The minimum absolute atomic E-state index is 0.372. The molecule has 3 aromatic rings. The van der Waals surface area contributed by atoms with E-state index in [4.69, 9.17) is 17.3 Å². The van der Waals surface area contributed by atoms with Crippen LogP contribution in [0.15, 0.2) is 42.9 Å². The average molecular weight is 301 g/mol. The van der Waals surface area contributed by atoms with Crippen LogP contribution < -0.4 is 11.1 Å². The molecule has 1 amide bonds. The van der Waals surface area contributed by atoms with Gasteiger partial charge in [0.1, 0.15) is 5.65 Å². The summed E-state index contributed by atoms with van der Waals surface area (Å²) < 4.78 is 1.74. The van der Waals surface area contributed by atoms with E-state index >= 15 is 0 Å². The zero-order valence-corrected chi connectivity index (χ0v) is 12.1. The number of imidazole rings is 1. The molecule has 5 nitrogen and oxygen atoms in total. The van der Waals surface area contributed by atoms with E-state index in [0.717, 1.165) is 5.56 Å². The second-order valence-electron chi connectivity index (χ2n) is 4.77. The lowest BCUT2D eigenvalue weighted by molar-refractivity contribution is 0.100. The summed E-state index contributed by atoms with van der Waals surface area (Å²) in [5.74, 6) is -0.517. The van der Waals surface area contributed by atoms with Crippen LogP contribution in [0, 0.1) is 6.92 Å². The highest BCUT2D eigenvalue weighted by Crippen LogP contribution is 2.28. The Labute approximate surface area is 126 Å². The van der Waals surface area contributed by atoms with Crippen LogP contribution in [-0.4, -0.2) is 15.3 Å². The molecule has 0 atom stereocenters. The molecule has 2 aromatic heterocycles. The average Bonchev–Trinajstić information content (AvgIpc) is 2.88. The van der Waals surface area contributed by atoms with Crippen LogP contribution in [0.3, 0.4) is 0 Å². The summed E-state index contributed by atoms with van der Waals surface area (Å²) in [5.41, 5.74) is 8.87. The molecule has 0 saturated carbocycles. The molecule has 0 bridgehead atoms. The lowest BCUT2D eigenvalue weighted by atomic mass is 10.2. The SMILES string of the molecule is Cc1ccc(Nc2cc3nccn3cc2C(N)=O)c(Cl)c1. The van der Waals surface area contributed by atoms with E-state index in [9.17, 15) is 4.79 Å². The van der Waals surface area contributed by atoms with Crippen molar-refractivity contribution in [1.29, 1.82) is 0 Å². The van der Waals surface area contributed by atoms with E-state index in [2.05, 4.69) is 10.3 Å². The molecule has 0 fully saturated rings. The summed E-state index contributed by atoms with van der Waals surface area (Å²) in [6.07, 6.45) is 5.06. The van der Waals surface area contributed by atoms with Gasteiger partial charge in [-0.2, -0.15) is 0 Å². The predicted molar refractivity (Wildman–Crippen MR) is 83.2 cm³/mol. The number of benzene rings is 1. The Morgan fingerprint density at radius 3 is 2.86 bits per heavy atom. The van der Waals surface area contributed by atoms with Crippen molar-refractivity contribution < 1.29 is 4.79 Å². The topological polar surface area (TPSA) is 72.4 Å². The summed E-state index contributed by atoms with van der Waals surface area (Å²) in [6, 6.07) is 7.41. The first kappa shape index (κ1) is 13.5. The van der Waals surface area contributed by atoms with Crippen LogP contribution in [-0.2, 0) is 0 Å². The third-order valence-corrected chi connectivity index (χ3v) is 3.50. The van der Waals surface area contributed by atoms with Crippen molar-refractivity contribution in [2.75, 3.05) is 5.32 Å². The second kappa shape index (κ2) is 5.10. The van der Waals surface area contributed by atoms with Gasteiger partial charge < -0.3 is 15.5 Å². The predicted octanol–water partition coefficient (Wildman–Crippen LogP) is 3.14. The molecule has 0 aliphatic heterocycles. The summed E-state index contributed by atoms with van der Waals surface area (Å²) in [7, 11) is 0. The summed E-state index contributed by atoms with van der Waals surface area (Å²) in [6.45, 7) is 1.96. The lowest BCUT2D eigenvalue weighted by Gasteiger charge is -2.12. The van der Waals surface area contributed by atoms with Gasteiger partial charge in [0, 0.05) is 24.7 Å². The first-order valence-corrected chi connectivity index (χ1v) is 6.72. The number of carbonyl (C=O) groups is 1. The standard InChI is InChI=1S/C15H13ClN4O/c1-9-2-3-12(11(16)6-9)19-13-7-14-18-4-5-20(14)8-10(13)15(17)21/h2-8,19H,1H3,(H2,17,21). The van der Waals surface area contributed by atoms with Gasteiger partial charge >= 0.3 is 0 Å². The van der Waals surface area contributed by atoms with Crippen molar-refractivity contribution in [1.82, 2.24) is 9.38 Å². The van der Waals surface area contributed by atoms with Gasteiger partial charge in [-0.15, -0.1) is 0 Å². The number of rotatable bonds is 3. The highest BCUT2D eigenvalue weighted by molar-refractivity contribution is 6.33. The molecule has 0 aliphatic carbocycles. The van der Waals surface area contributed by atoms with E-state index in [1.165, 1.54) is 0 Å². The highest BCUT2D eigenvalue weighted by Gasteiger charge is 2.12. The number of anilines is 2. The first-order valence-electron chi connectivity index (χ1n) is 6.34. The summed E-state index contributed by atoms with van der Waals surface area (Å²) in [5, 5.41) is 3.72. The molecule has 0 saturated heterocycles. The number of hydrogen-bond acceptors (Lipinski definition) is 3. The third-order valence-electron chi connectivity index (χ3n) is 3.19. The first-order chi connectivity index (χ1) is 10.0. The molecule has 6 heteroatoms. The van der Waals surface area contributed by atoms with Crippen LogP contribution in [0.2, 0.25) is 5.02 Å². The largest absolute Gasteiger partial charge is 0.365 e. The number of amides is 1. The lowest BCUT2D eigenvalue weighted by Crippen LogP contribution is -2.14. The quantitative estimate of drug-likeness (QED) is 0.780. The maximum absolute atomic E-state index is 11.6. The number of primary amides is 1. The molecule has 0 radical (unpaired) electrons. The molecule has 1 aromatic carbocycles. The molecule has 0 aliphatic rings. The van der Waals surface area contributed by atoms with Crippen molar-refractivity contribution in [3.05, 3.63) is 59.0 Å². The van der Waals surface area contributed by atoms with Gasteiger partial charge in [0.25, 0.3) is 5.91 Å². The monoisotopic (exact) mass is 300 g/mol. The smallest absolute Gasteiger partial charge is 0.252 e. The third kappa shape index (κ3) is 2.55. The molecular formula is C15H13ClN4O. The number of carbonyl (C=O) groups excluding carboxylic acids is 1. The van der Waals surface area contributed by atoms with E-state index in [1.54, 1.807) is 29.1 Å². The maximum atomic E-state index is 11.6. The van der Waals surface area contributed by atoms with E-state index in [1.807, 2.05) is 25.1 Å². The van der Waals surface area contributed by atoms with Crippen molar-refractivity contribution >= 4 is 34.5 Å². The van der Waals surface area contributed by atoms with Crippen LogP contribution in [0.4, 0.5) is 11.4 Å². The number of aromatic nitrogens is 2. The summed E-state index contributed by atoms with van der Waals surface area (Å²) >= 11 is 6.21. The normalized spacial score (nSPS) is 10.8. The molecule has 2 heterocycles. The fraction of sp³-hybridized carbons (Fsp3) is 0.0667. The minimum Gasteiger partial charge on any atom is -0.365 e. The number of fused-ring (bicyclic) bond motifs is 1. The van der Waals surface area contributed by atoms with Crippen molar-refractivity contribution in [3.63, 3.8) is 0 Å². The van der Waals surface area contributed by atoms with Gasteiger partial charge in [-0.1, -0.05) is 17.7 Å².